The molecule has 0 aromatic heterocycles. The van der Waals surface area contributed by atoms with Crippen molar-refractivity contribution >= 4 is 5.91 Å². The molecule has 4 heteroatoms. The van der Waals surface area contributed by atoms with E-state index in [0.717, 1.165) is 18.4 Å². The molecule has 0 radical (unpaired) electrons. The Morgan fingerprint density at radius 1 is 1.43 bits per heavy atom. The van der Waals surface area contributed by atoms with Gasteiger partial charge in [-0.1, -0.05) is 17.9 Å². The van der Waals surface area contributed by atoms with Crippen molar-refractivity contribution in [3.05, 3.63) is 35.4 Å². The highest BCUT2D eigenvalue weighted by atomic mass is 16.3. The lowest BCUT2D eigenvalue weighted by Crippen LogP contribution is -2.45. The molecule has 0 bridgehead atoms. The van der Waals surface area contributed by atoms with Crippen LogP contribution in [0.2, 0.25) is 0 Å². The van der Waals surface area contributed by atoms with E-state index in [-0.39, 0.29) is 12.5 Å². The molecule has 0 aliphatic heterocycles. The molecule has 3 N–H and O–H groups in total. The highest BCUT2D eigenvalue weighted by Crippen LogP contribution is 2.26. The minimum absolute atomic E-state index is 0.0320. The van der Waals surface area contributed by atoms with Gasteiger partial charge in [-0.3, -0.25) is 4.79 Å². The predicted molar refractivity (Wildman–Crippen MR) is 82.8 cm³/mol. The molecule has 1 aliphatic carbocycles. The topological polar surface area (TPSA) is 66.6 Å². The largest absolute Gasteiger partial charge is 0.396 e. The van der Waals surface area contributed by atoms with Crippen molar-refractivity contribution in [1.82, 2.24) is 4.90 Å². The van der Waals surface area contributed by atoms with E-state index < -0.39 is 0 Å². The number of hydrogen-bond donors (Lipinski definition) is 2. The van der Waals surface area contributed by atoms with Crippen molar-refractivity contribution in [3.8, 4) is 11.8 Å². The molecular weight excluding hydrogens is 264 g/mol. The molecule has 0 saturated heterocycles. The summed E-state index contributed by atoms with van der Waals surface area (Å²) in [6.45, 7) is 1.03. The third-order valence-corrected chi connectivity index (χ3v) is 3.78. The van der Waals surface area contributed by atoms with Crippen molar-refractivity contribution in [2.45, 2.75) is 31.7 Å². The summed E-state index contributed by atoms with van der Waals surface area (Å²) in [5.41, 5.74) is 6.83. The second-order valence-electron chi connectivity index (χ2n) is 5.25. The van der Waals surface area contributed by atoms with Crippen LogP contribution in [0.4, 0.5) is 0 Å². The number of benzene rings is 1. The maximum Gasteiger partial charge on any atom is 0.254 e. The first-order valence-electron chi connectivity index (χ1n) is 7.47. The number of aliphatic hydroxyl groups excluding tert-OH is 1. The second kappa shape index (κ2) is 7.82. The Hall–Kier alpha value is -1.83. The van der Waals surface area contributed by atoms with Crippen molar-refractivity contribution in [3.63, 3.8) is 0 Å². The normalized spacial score (nSPS) is 14.0. The van der Waals surface area contributed by atoms with E-state index in [9.17, 15) is 4.79 Å². The summed E-state index contributed by atoms with van der Waals surface area (Å²) in [5.74, 6) is 5.78. The van der Waals surface area contributed by atoms with Gasteiger partial charge in [0.2, 0.25) is 0 Å². The zero-order valence-corrected chi connectivity index (χ0v) is 12.2. The quantitative estimate of drug-likeness (QED) is 0.804. The van der Waals surface area contributed by atoms with Gasteiger partial charge in [0, 0.05) is 30.3 Å². The molecule has 1 saturated carbocycles. The van der Waals surface area contributed by atoms with Crippen LogP contribution in [0.5, 0.6) is 0 Å². The monoisotopic (exact) mass is 286 g/mol. The lowest BCUT2D eigenvalue weighted by Gasteiger charge is -2.37. The average molecular weight is 286 g/mol. The number of hydrogen-bond acceptors (Lipinski definition) is 3. The van der Waals surface area contributed by atoms with E-state index in [1.54, 1.807) is 0 Å². The Morgan fingerprint density at radius 3 is 2.86 bits per heavy atom. The second-order valence-corrected chi connectivity index (χ2v) is 5.25. The van der Waals surface area contributed by atoms with Gasteiger partial charge in [-0.2, -0.15) is 0 Å². The Morgan fingerprint density at radius 2 is 2.24 bits per heavy atom. The van der Waals surface area contributed by atoms with Gasteiger partial charge in [-0.15, -0.1) is 0 Å². The molecule has 1 fully saturated rings. The van der Waals surface area contributed by atoms with E-state index >= 15 is 0 Å². The highest BCUT2D eigenvalue weighted by Gasteiger charge is 2.28. The summed E-state index contributed by atoms with van der Waals surface area (Å²) in [5, 5.41) is 9.01. The minimum Gasteiger partial charge on any atom is -0.396 e. The van der Waals surface area contributed by atoms with Crippen molar-refractivity contribution in [2.24, 2.45) is 5.73 Å². The summed E-state index contributed by atoms with van der Waals surface area (Å²) in [6.07, 6.45) is 3.91. The van der Waals surface area contributed by atoms with Crippen LogP contribution in [0, 0.1) is 11.8 Å². The lowest BCUT2D eigenvalue weighted by molar-refractivity contribution is 0.0562. The van der Waals surface area contributed by atoms with Gasteiger partial charge in [-0.05, 0) is 43.9 Å². The molecule has 0 heterocycles. The third-order valence-electron chi connectivity index (χ3n) is 3.78. The molecule has 0 atom stereocenters. The van der Waals surface area contributed by atoms with E-state index in [1.165, 1.54) is 6.42 Å². The van der Waals surface area contributed by atoms with Crippen LogP contribution in [0.15, 0.2) is 24.3 Å². The number of nitrogens with zero attached hydrogens (tertiary/aromatic N) is 1. The van der Waals surface area contributed by atoms with E-state index in [0.29, 0.717) is 31.1 Å². The third kappa shape index (κ3) is 4.07. The van der Waals surface area contributed by atoms with Crippen LogP contribution < -0.4 is 5.73 Å². The van der Waals surface area contributed by atoms with Gasteiger partial charge in [0.05, 0.1) is 6.54 Å². The molecule has 0 unspecified atom stereocenters. The van der Waals surface area contributed by atoms with Crippen LogP contribution >= 0.6 is 0 Å². The molecule has 1 aromatic rings. The van der Waals surface area contributed by atoms with E-state index in [2.05, 4.69) is 11.8 Å². The molecule has 1 amide bonds. The zero-order chi connectivity index (χ0) is 15.1. The summed E-state index contributed by atoms with van der Waals surface area (Å²) in [7, 11) is 0. The Balaban J connectivity index is 2.15. The number of carbonyl (C=O) groups excluding carboxylic acids is 1. The van der Waals surface area contributed by atoms with Crippen LogP contribution in [0.25, 0.3) is 0 Å². The van der Waals surface area contributed by atoms with Gasteiger partial charge in [0.25, 0.3) is 5.91 Å². The number of nitrogens with two attached hydrogens (primary N) is 1. The number of amides is 1. The molecular formula is C17H22N2O2. The van der Waals surface area contributed by atoms with Gasteiger partial charge in [0.15, 0.2) is 0 Å². The number of aliphatic hydroxyl groups is 1. The molecule has 112 valence electrons. The summed E-state index contributed by atoms with van der Waals surface area (Å²) < 4.78 is 0. The van der Waals surface area contributed by atoms with Gasteiger partial charge in [0.1, 0.15) is 0 Å². The fraction of sp³-hybridized carbons (Fsp3) is 0.471. The molecule has 21 heavy (non-hydrogen) atoms. The van der Waals surface area contributed by atoms with Crippen molar-refractivity contribution in [2.75, 3.05) is 19.7 Å². The zero-order valence-electron chi connectivity index (χ0n) is 12.2. The Kier molecular flexibility index (Phi) is 5.79. The lowest BCUT2D eigenvalue weighted by atomic mass is 9.90. The Bertz CT molecular complexity index is 541. The molecule has 4 nitrogen and oxygen atoms in total. The fourth-order valence-corrected chi connectivity index (χ4v) is 2.44. The van der Waals surface area contributed by atoms with Crippen LogP contribution in [-0.4, -0.2) is 41.7 Å². The van der Waals surface area contributed by atoms with Gasteiger partial charge in [-0.25, -0.2) is 0 Å². The van der Waals surface area contributed by atoms with Crippen molar-refractivity contribution in [1.29, 1.82) is 0 Å². The smallest absolute Gasteiger partial charge is 0.254 e. The Labute approximate surface area is 125 Å². The highest BCUT2D eigenvalue weighted by molar-refractivity contribution is 5.94. The van der Waals surface area contributed by atoms with Crippen LogP contribution in [0.1, 0.15) is 41.6 Å². The first kappa shape index (κ1) is 15.6. The van der Waals surface area contributed by atoms with Crippen molar-refractivity contribution < 1.29 is 9.90 Å². The van der Waals surface area contributed by atoms with Crippen LogP contribution in [0.3, 0.4) is 0 Å². The predicted octanol–water partition coefficient (Wildman–Crippen LogP) is 1.37. The van der Waals surface area contributed by atoms with Gasteiger partial charge < -0.3 is 15.7 Å². The molecule has 1 aliphatic rings. The van der Waals surface area contributed by atoms with E-state index in [4.69, 9.17) is 10.8 Å². The standard InChI is InChI=1S/C17H22N2O2/c18-10-3-6-14-5-1-7-15(13-14)17(21)19(11-4-12-20)16-8-2-9-16/h1,5,7,13,16,20H,2,4,8-12,18H2. The summed E-state index contributed by atoms with van der Waals surface area (Å²) >= 11 is 0. The number of carbonyl (C=O) groups is 1. The summed E-state index contributed by atoms with van der Waals surface area (Å²) in [4.78, 5) is 14.6. The number of rotatable bonds is 5. The SMILES string of the molecule is NCC#Cc1cccc(C(=O)N(CCCO)C2CCC2)c1. The first-order chi connectivity index (χ1) is 10.3. The van der Waals surface area contributed by atoms with Gasteiger partial charge >= 0.3 is 0 Å². The minimum atomic E-state index is 0.0320. The summed E-state index contributed by atoms with van der Waals surface area (Å²) in [6, 6.07) is 7.68. The molecule has 0 spiro atoms. The average Bonchev–Trinajstić information content (AvgIpc) is 2.47. The molecule has 1 aromatic carbocycles. The van der Waals surface area contributed by atoms with E-state index in [1.807, 2.05) is 29.2 Å². The maximum absolute atomic E-state index is 12.7. The molecule has 2 rings (SSSR count). The first-order valence-corrected chi connectivity index (χ1v) is 7.47. The fourth-order valence-electron chi connectivity index (χ4n) is 2.44. The van der Waals surface area contributed by atoms with Crippen LogP contribution in [-0.2, 0) is 0 Å². The maximum atomic E-state index is 12.7.